The van der Waals surface area contributed by atoms with Crippen molar-refractivity contribution in [3.05, 3.63) is 54.1 Å². The van der Waals surface area contributed by atoms with Gasteiger partial charge in [-0.25, -0.2) is 17.5 Å². The van der Waals surface area contributed by atoms with Crippen LogP contribution >= 0.6 is 0 Å². The monoisotopic (exact) mass is 295 g/mol. The van der Waals surface area contributed by atoms with Crippen LogP contribution in [-0.4, -0.2) is 13.4 Å². The molecule has 0 amide bonds. The van der Waals surface area contributed by atoms with Crippen LogP contribution in [-0.2, 0) is 10.0 Å². The Morgan fingerprint density at radius 1 is 1.25 bits per heavy atom. The van der Waals surface area contributed by atoms with Crippen molar-refractivity contribution in [3.63, 3.8) is 0 Å². The Hall–Kier alpha value is -1.99. The topological polar surface area (TPSA) is 85.1 Å². The van der Waals surface area contributed by atoms with Gasteiger partial charge in [0.2, 0.25) is 10.0 Å². The van der Waals surface area contributed by atoms with Crippen molar-refractivity contribution < 1.29 is 12.8 Å². The summed E-state index contributed by atoms with van der Waals surface area (Å²) in [6.45, 7) is 1.69. The molecule has 5 nitrogen and oxygen atoms in total. The van der Waals surface area contributed by atoms with Crippen LogP contribution in [0.2, 0.25) is 0 Å². The van der Waals surface area contributed by atoms with Crippen LogP contribution in [0.15, 0.2) is 47.6 Å². The number of anilines is 1. The Balaban J connectivity index is 2.22. The van der Waals surface area contributed by atoms with E-state index in [2.05, 4.69) is 9.71 Å². The second kappa shape index (κ2) is 5.56. The van der Waals surface area contributed by atoms with Gasteiger partial charge in [-0.3, -0.25) is 4.98 Å². The predicted molar refractivity (Wildman–Crippen MR) is 73.8 cm³/mol. The Kier molecular flexibility index (Phi) is 4.01. The minimum atomic E-state index is -3.82. The first-order valence-corrected chi connectivity index (χ1v) is 7.35. The first-order chi connectivity index (χ1) is 9.38. The summed E-state index contributed by atoms with van der Waals surface area (Å²) in [5.41, 5.74) is 6.93. The van der Waals surface area contributed by atoms with E-state index in [9.17, 15) is 12.8 Å². The molecule has 0 aliphatic carbocycles. The number of aromatic nitrogens is 1. The Morgan fingerprint density at radius 2 is 1.90 bits per heavy atom. The Morgan fingerprint density at radius 3 is 2.50 bits per heavy atom. The lowest BCUT2D eigenvalue weighted by atomic mass is 10.1. The molecule has 106 valence electrons. The van der Waals surface area contributed by atoms with E-state index < -0.39 is 21.9 Å². The Labute approximate surface area is 116 Å². The van der Waals surface area contributed by atoms with Crippen molar-refractivity contribution in [1.82, 2.24) is 9.71 Å². The maximum atomic E-state index is 13.0. The first kappa shape index (κ1) is 14.4. The van der Waals surface area contributed by atoms with Gasteiger partial charge in [0.05, 0.1) is 6.20 Å². The van der Waals surface area contributed by atoms with Crippen molar-refractivity contribution in [2.75, 3.05) is 5.73 Å². The molecule has 1 atom stereocenters. The third kappa shape index (κ3) is 3.31. The zero-order valence-electron chi connectivity index (χ0n) is 10.7. The summed E-state index contributed by atoms with van der Waals surface area (Å²) < 4.78 is 39.7. The molecule has 0 fully saturated rings. The van der Waals surface area contributed by atoms with E-state index in [0.29, 0.717) is 5.69 Å². The molecule has 3 N–H and O–H groups in total. The predicted octanol–water partition coefficient (Wildman–Crippen LogP) is 1.84. The fourth-order valence-electron chi connectivity index (χ4n) is 1.69. The maximum absolute atomic E-state index is 13.0. The number of nitrogen functional groups attached to an aromatic ring is 1. The highest BCUT2D eigenvalue weighted by Crippen LogP contribution is 2.18. The molecule has 0 saturated heterocycles. The SMILES string of the molecule is CC(NS(=O)(=O)c1cncc(F)c1)c1ccc(N)cc1. The highest BCUT2D eigenvalue weighted by Gasteiger charge is 2.19. The molecule has 0 bridgehead atoms. The van der Waals surface area contributed by atoms with Crippen LogP contribution in [0.25, 0.3) is 0 Å². The molecule has 1 aromatic heterocycles. The third-order valence-electron chi connectivity index (χ3n) is 2.76. The number of rotatable bonds is 4. The van der Waals surface area contributed by atoms with Gasteiger partial charge in [-0.05, 0) is 30.7 Å². The number of pyridine rings is 1. The van der Waals surface area contributed by atoms with Gasteiger partial charge in [0.15, 0.2) is 0 Å². The van der Waals surface area contributed by atoms with Crippen LogP contribution in [0.5, 0.6) is 0 Å². The van der Waals surface area contributed by atoms with Crippen molar-refractivity contribution in [2.45, 2.75) is 17.9 Å². The highest BCUT2D eigenvalue weighted by molar-refractivity contribution is 7.89. The standard InChI is InChI=1S/C13H14FN3O2S/c1-9(10-2-4-12(15)5-3-10)17-20(18,19)13-6-11(14)7-16-8-13/h2-9,17H,15H2,1H3. The second-order valence-corrected chi connectivity index (χ2v) is 6.06. The summed E-state index contributed by atoms with van der Waals surface area (Å²) in [5, 5.41) is 0. The number of nitrogens with zero attached hydrogens (tertiary/aromatic N) is 1. The molecule has 2 aromatic rings. The average Bonchev–Trinajstić information content (AvgIpc) is 2.39. The third-order valence-corrected chi connectivity index (χ3v) is 4.27. The summed E-state index contributed by atoms with van der Waals surface area (Å²) in [4.78, 5) is 3.32. The molecule has 1 unspecified atom stereocenters. The molecule has 0 spiro atoms. The minimum Gasteiger partial charge on any atom is -0.399 e. The summed E-state index contributed by atoms with van der Waals surface area (Å²) in [6.07, 6.45) is 2.05. The molecule has 1 aromatic carbocycles. The lowest BCUT2D eigenvalue weighted by Crippen LogP contribution is -2.27. The normalized spacial score (nSPS) is 13.1. The van der Waals surface area contributed by atoms with Gasteiger partial charge in [-0.15, -0.1) is 0 Å². The minimum absolute atomic E-state index is 0.209. The Bertz CT molecular complexity index is 702. The number of hydrogen-bond donors (Lipinski definition) is 2. The molecular formula is C13H14FN3O2S. The van der Waals surface area contributed by atoms with Crippen LogP contribution in [0.3, 0.4) is 0 Å². The summed E-state index contributed by atoms with van der Waals surface area (Å²) in [6, 6.07) is 7.28. The van der Waals surface area contributed by atoms with Gasteiger partial charge < -0.3 is 5.73 Å². The van der Waals surface area contributed by atoms with Gasteiger partial charge in [0.25, 0.3) is 0 Å². The van der Waals surface area contributed by atoms with Gasteiger partial charge in [-0.2, -0.15) is 0 Å². The van der Waals surface area contributed by atoms with Crippen molar-refractivity contribution in [3.8, 4) is 0 Å². The smallest absolute Gasteiger partial charge is 0.242 e. The van der Waals surface area contributed by atoms with Crippen LogP contribution in [0.4, 0.5) is 10.1 Å². The number of nitrogens with two attached hydrogens (primary N) is 1. The van der Waals surface area contributed by atoms with Crippen LogP contribution in [0.1, 0.15) is 18.5 Å². The molecule has 0 aliphatic rings. The molecule has 20 heavy (non-hydrogen) atoms. The quantitative estimate of drug-likeness (QED) is 0.843. The van der Waals surface area contributed by atoms with Gasteiger partial charge in [-0.1, -0.05) is 12.1 Å². The van der Waals surface area contributed by atoms with E-state index in [4.69, 9.17) is 5.73 Å². The van der Waals surface area contributed by atoms with E-state index in [0.717, 1.165) is 24.0 Å². The van der Waals surface area contributed by atoms with Crippen LogP contribution < -0.4 is 10.5 Å². The lowest BCUT2D eigenvalue weighted by molar-refractivity contribution is 0.562. The largest absolute Gasteiger partial charge is 0.399 e. The summed E-state index contributed by atoms with van der Waals surface area (Å²) in [7, 11) is -3.82. The molecule has 2 rings (SSSR count). The molecule has 0 saturated carbocycles. The molecule has 0 aliphatic heterocycles. The van der Waals surface area contributed by atoms with Gasteiger partial charge >= 0.3 is 0 Å². The number of hydrogen-bond acceptors (Lipinski definition) is 4. The second-order valence-electron chi connectivity index (χ2n) is 4.35. The first-order valence-electron chi connectivity index (χ1n) is 5.87. The zero-order valence-corrected chi connectivity index (χ0v) is 11.6. The molecule has 0 radical (unpaired) electrons. The molecular weight excluding hydrogens is 281 g/mol. The van der Waals surface area contributed by atoms with E-state index in [1.807, 2.05) is 0 Å². The van der Waals surface area contributed by atoms with Gasteiger partial charge in [0, 0.05) is 17.9 Å². The molecule has 1 heterocycles. The molecule has 7 heteroatoms. The zero-order chi connectivity index (χ0) is 14.8. The number of nitrogens with one attached hydrogen (secondary N) is 1. The number of benzene rings is 1. The van der Waals surface area contributed by atoms with E-state index in [-0.39, 0.29) is 4.90 Å². The fourth-order valence-corrected chi connectivity index (χ4v) is 2.90. The van der Waals surface area contributed by atoms with Crippen molar-refractivity contribution in [1.29, 1.82) is 0 Å². The average molecular weight is 295 g/mol. The van der Waals surface area contributed by atoms with Crippen LogP contribution in [0, 0.1) is 5.82 Å². The number of sulfonamides is 1. The summed E-state index contributed by atoms with van der Waals surface area (Å²) >= 11 is 0. The highest BCUT2D eigenvalue weighted by atomic mass is 32.2. The van der Waals surface area contributed by atoms with E-state index in [1.54, 1.807) is 31.2 Å². The fraction of sp³-hybridized carbons (Fsp3) is 0.154. The van der Waals surface area contributed by atoms with Crippen molar-refractivity contribution in [2.24, 2.45) is 0 Å². The number of halogens is 1. The lowest BCUT2D eigenvalue weighted by Gasteiger charge is -2.14. The van der Waals surface area contributed by atoms with Crippen molar-refractivity contribution >= 4 is 15.7 Å². The summed E-state index contributed by atoms with van der Waals surface area (Å²) in [5.74, 6) is -0.701. The van der Waals surface area contributed by atoms with E-state index >= 15 is 0 Å². The van der Waals surface area contributed by atoms with Gasteiger partial charge in [0.1, 0.15) is 10.7 Å². The maximum Gasteiger partial charge on any atom is 0.242 e. The van der Waals surface area contributed by atoms with E-state index in [1.165, 1.54) is 0 Å².